The van der Waals surface area contributed by atoms with Crippen LogP contribution in [0.5, 0.6) is 0 Å². The van der Waals surface area contributed by atoms with E-state index < -0.39 is 26.3 Å². The molecular weight excluding hydrogens is 246 g/mol. The Bertz CT molecular complexity index is 389. The van der Waals surface area contributed by atoms with Gasteiger partial charge in [-0.05, 0) is 20.8 Å². The fourth-order valence-electron chi connectivity index (χ4n) is 1.49. The van der Waals surface area contributed by atoms with Crippen molar-refractivity contribution in [2.24, 2.45) is 0 Å². The van der Waals surface area contributed by atoms with Crippen LogP contribution in [0.25, 0.3) is 0 Å². The van der Waals surface area contributed by atoms with E-state index in [0.717, 1.165) is 0 Å². The van der Waals surface area contributed by atoms with Gasteiger partial charge in [-0.25, -0.2) is 8.42 Å². The van der Waals surface area contributed by atoms with E-state index in [1.165, 1.54) is 20.8 Å². The summed E-state index contributed by atoms with van der Waals surface area (Å²) in [6.45, 7) is 5.09. The van der Waals surface area contributed by atoms with Crippen LogP contribution >= 0.6 is 0 Å². The first kappa shape index (κ1) is 14.4. The number of sulfonamides is 1. The van der Waals surface area contributed by atoms with E-state index in [1.807, 2.05) is 0 Å². The molecule has 17 heavy (non-hydrogen) atoms. The van der Waals surface area contributed by atoms with Gasteiger partial charge >= 0.3 is 5.97 Å². The highest BCUT2D eigenvalue weighted by Crippen LogP contribution is 2.25. The van der Waals surface area contributed by atoms with E-state index in [9.17, 15) is 18.3 Å². The summed E-state index contributed by atoms with van der Waals surface area (Å²) in [4.78, 5) is 11.3. The minimum atomic E-state index is -3.69. The Morgan fingerprint density at radius 2 is 1.76 bits per heavy atom. The van der Waals surface area contributed by atoms with E-state index in [0.29, 0.717) is 0 Å². The van der Waals surface area contributed by atoms with Gasteiger partial charge in [-0.15, -0.1) is 0 Å². The van der Waals surface area contributed by atoms with Gasteiger partial charge in [0.2, 0.25) is 10.0 Å². The zero-order chi connectivity index (χ0) is 13.3. The Labute approximate surface area is 101 Å². The molecule has 100 valence electrons. The first-order valence-electron chi connectivity index (χ1n) is 5.45. The minimum Gasteiger partial charge on any atom is -0.480 e. The second-order valence-electron chi connectivity index (χ2n) is 5.22. The van der Waals surface area contributed by atoms with Gasteiger partial charge in [0, 0.05) is 26.1 Å². The van der Waals surface area contributed by atoms with Crippen molar-refractivity contribution in [1.29, 1.82) is 0 Å². The molecular formula is C10H19NO5S. The maximum atomic E-state index is 12.0. The quantitative estimate of drug-likeness (QED) is 0.767. The number of hydrogen-bond acceptors (Lipinski definition) is 4. The third-order valence-corrected chi connectivity index (χ3v) is 5.16. The van der Waals surface area contributed by atoms with E-state index in [1.54, 1.807) is 0 Å². The van der Waals surface area contributed by atoms with Crippen LogP contribution < -0.4 is 4.72 Å². The Morgan fingerprint density at radius 3 is 2.12 bits per heavy atom. The van der Waals surface area contributed by atoms with Crippen LogP contribution in [0.1, 0.15) is 33.6 Å². The lowest BCUT2D eigenvalue weighted by Crippen LogP contribution is -2.60. The number of carboxylic acid groups (broad SMARTS) is 1. The molecule has 1 rings (SSSR count). The number of carboxylic acids is 1. The number of rotatable bonds is 3. The molecule has 6 nitrogen and oxygen atoms in total. The third-order valence-electron chi connectivity index (χ3n) is 2.89. The Morgan fingerprint density at radius 1 is 1.29 bits per heavy atom. The molecule has 7 heteroatoms. The molecule has 1 fully saturated rings. The van der Waals surface area contributed by atoms with Crippen LogP contribution in [0.3, 0.4) is 0 Å². The van der Waals surface area contributed by atoms with Crippen molar-refractivity contribution in [3.63, 3.8) is 0 Å². The smallest absolute Gasteiger partial charge is 0.325 e. The van der Waals surface area contributed by atoms with Crippen LogP contribution in [0.2, 0.25) is 0 Å². The molecule has 1 saturated heterocycles. The summed E-state index contributed by atoms with van der Waals surface area (Å²) >= 11 is 0. The van der Waals surface area contributed by atoms with Crippen molar-refractivity contribution in [3.8, 4) is 0 Å². The molecule has 1 aliphatic heterocycles. The normalized spacial score (nSPS) is 21.1. The van der Waals surface area contributed by atoms with Crippen LogP contribution in [0.15, 0.2) is 0 Å². The van der Waals surface area contributed by atoms with Gasteiger partial charge in [0.1, 0.15) is 5.54 Å². The van der Waals surface area contributed by atoms with Crippen molar-refractivity contribution in [3.05, 3.63) is 0 Å². The molecule has 1 aliphatic rings. The van der Waals surface area contributed by atoms with E-state index >= 15 is 0 Å². The summed E-state index contributed by atoms with van der Waals surface area (Å²) < 4.78 is 30.4. The van der Waals surface area contributed by atoms with Gasteiger partial charge in [0.25, 0.3) is 0 Å². The lowest BCUT2D eigenvalue weighted by Gasteiger charge is -2.35. The molecule has 0 aromatic rings. The van der Waals surface area contributed by atoms with Crippen LogP contribution in [-0.4, -0.2) is 43.0 Å². The molecule has 0 amide bonds. The van der Waals surface area contributed by atoms with Crippen molar-refractivity contribution in [1.82, 2.24) is 4.72 Å². The monoisotopic (exact) mass is 265 g/mol. The number of ether oxygens (including phenoxy) is 1. The molecule has 0 aliphatic carbocycles. The average molecular weight is 265 g/mol. The highest BCUT2D eigenvalue weighted by atomic mass is 32.2. The molecule has 2 N–H and O–H groups in total. The van der Waals surface area contributed by atoms with Crippen LogP contribution in [-0.2, 0) is 19.6 Å². The molecule has 0 radical (unpaired) electrons. The molecule has 0 aromatic heterocycles. The van der Waals surface area contributed by atoms with E-state index in [2.05, 4.69) is 4.72 Å². The summed E-state index contributed by atoms with van der Waals surface area (Å²) in [5.74, 6) is -1.14. The predicted octanol–water partition coefficient (Wildman–Crippen LogP) is 0.338. The molecule has 0 saturated carbocycles. The van der Waals surface area contributed by atoms with Gasteiger partial charge < -0.3 is 9.84 Å². The highest BCUT2D eigenvalue weighted by molar-refractivity contribution is 7.90. The first-order chi connectivity index (χ1) is 7.61. The Balaban J connectivity index is 3.00. The maximum Gasteiger partial charge on any atom is 0.325 e. The molecule has 0 aromatic carbocycles. The highest BCUT2D eigenvalue weighted by Gasteiger charge is 2.46. The standard InChI is InChI=1S/C10H19NO5S/c1-9(2,3)17(14,15)11-10(8(12)13)4-6-16-7-5-10/h11H,4-7H2,1-3H3,(H,12,13). The fourth-order valence-corrected chi connectivity index (χ4v) is 2.60. The molecule has 0 spiro atoms. The number of carbonyl (C=O) groups is 1. The van der Waals surface area contributed by atoms with Gasteiger partial charge in [-0.2, -0.15) is 4.72 Å². The van der Waals surface area contributed by atoms with E-state index in [-0.39, 0.29) is 26.1 Å². The SMILES string of the molecule is CC(C)(C)S(=O)(=O)NC1(C(=O)O)CCOCC1. The predicted molar refractivity (Wildman–Crippen MR) is 62.2 cm³/mol. The topological polar surface area (TPSA) is 92.7 Å². The zero-order valence-electron chi connectivity index (χ0n) is 10.3. The molecule has 0 bridgehead atoms. The van der Waals surface area contributed by atoms with Crippen molar-refractivity contribution >= 4 is 16.0 Å². The van der Waals surface area contributed by atoms with Gasteiger partial charge in [-0.3, -0.25) is 4.79 Å². The molecule has 0 atom stereocenters. The van der Waals surface area contributed by atoms with Gasteiger partial charge in [0.05, 0.1) is 4.75 Å². The Hall–Kier alpha value is -0.660. The third kappa shape index (κ3) is 2.97. The van der Waals surface area contributed by atoms with Gasteiger partial charge in [-0.1, -0.05) is 0 Å². The van der Waals surface area contributed by atoms with Crippen molar-refractivity contribution in [2.45, 2.75) is 43.9 Å². The fraction of sp³-hybridized carbons (Fsp3) is 0.900. The summed E-state index contributed by atoms with van der Waals surface area (Å²) in [5.41, 5.74) is -1.43. The minimum absolute atomic E-state index is 0.150. The largest absolute Gasteiger partial charge is 0.480 e. The van der Waals surface area contributed by atoms with Crippen LogP contribution in [0.4, 0.5) is 0 Å². The number of nitrogens with one attached hydrogen (secondary N) is 1. The molecule has 0 unspecified atom stereocenters. The number of aliphatic carboxylic acids is 1. The zero-order valence-corrected chi connectivity index (χ0v) is 11.1. The lowest BCUT2D eigenvalue weighted by molar-refractivity contribution is -0.147. The van der Waals surface area contributed by atoms with Crippen LogP contribution in [0, 0.1) is 0 Å². The summed E-state index contributed by atoms with van der Waals surface area (Å²) in [7, 11) is -3.69. The van der Waals surface area contributed by atoms with Gasteiger partial charge in [0.15, 0.2) is 0 Å². The average Bonchev–Trinajstić information content (AvgIpc) is 2.16. The van der Waals surface area contributed by atoms with Crippen molar-refractivity contribution in [2.75, 3.05) is 13.2 Å². The first-order valence-corrected chi connectivity index (χ1v) is 6.94. The van der Waals surface area contributed by atoms with E-state index in [4.69, 9.17) is 4.74 Å². The second-order valence-corrected chi connectivity index (χ2v) is 7.65. The second kappa shape index (κ2) is 4.55. The van der Waals surface area contributed by atoms with Crippen molar-refractivity contribution < 1.29 is 23.1 Å². The Kier molecular flexibility index (Phi) is 3.85. The lowest BCUT2D eigenvalue weighted by atomic mass is 9.92. The number of hydrogen-bond donors (Lipinski definition) is 2. The molecule has 1 heterocycles. The summed E-state index contributed by atoms with van der Waals surface area (Å²) in [5, 5.41) is 9.24. The summed E-state index contributed by atoms with van der Waals surface area (Å²) in [6.07, 6.45) is 0.301. The maximum absolute atomic E-state index is 12.0. The summed E-state index contributed by atoms with van der Waals surface area (Å²) in [6, 6.07) is 0.